The Morgan fingerprint density at radius 3 is 2.76 bits per heavy atom. The van der Waals surface area contributed by atoms with Gasteiger partial charge in [-0.05, 0) is 27.9 Å². The van der Waals surface area contributed by atoms with Crippen LogP contribution in [0.5, 0.6) is 0 Å². The largest absolute Gasteiger partial charge is 0.479 e. The first kappa shape index (κ1) is 17.2. The van der Waals surface area contributed by atoms with Crippen LogP contribution in [-0.2, 0) is 20.9 Å². The van der Waals surface area contributed by atoms with Gasteiger partial charge in [-0.15, -0.1) is 0 Å². The van der Waals surface area contributed by atoms with E-state index >= 15 is 0 Å². The number of hydrogen-bond acceptors (Lipinski definition) is 5. The number of carbonyl (C=O) groups is 1. The zero-order valence-corrected chi connectivity index (χ0v) is 13.2. The fourth-order valence-electron chi connectivity index (χ4n) is 2.93. The minimum atomic E-state index is -1.40. The van der Waals surface area contributed by atoms with E-state index in [0.717, 1.165) is 16.3 Å². The normalized spacial score (nSPS) is 25.6. The average Bonchev–Trinajstić information content (AvgIpc) is 2.94. The Hall–Kier alpha value is -2.64. The van der Waals surface area contributed by atoms with Gasteiger partial charge in [-0.1, -0.05) is 41.5 Å². The molecule has 1 aliphatic rings. The second kappa shape index (κ2) is 7.50. The minimum Gasteiger partial charge on any atom is -0.479 e. The summed E-state index contributed by atoms with van der Waals surface area (Å²) in [7, 11) is 0. The summed E-state index contributed by atoms with van der Waals surface area (Å²) in [5, 5.41) is 24.8. The van der Waals surface area contributed by atoms with Crippen LogP contribution < -0.4 is 0 Å². The van der Waals surface area contributed by atoms with E-state index in [1.54, 1.807) is 0 Å². The Bertz CT molecular complexity index is 821. The number of aliphatic carboxylic acids is 1. The van der Waals surface area contributed by atoms with Crippen molar-refractivity contribution in [1.29, 1.82) is 0 Å². The maximum Gasteiger partial charge on any atom is 0.335 e. The van der Waals surface area contributed by atoms with E-state index in [1.165, 1.54) is 0 Å². The number of carboxylic acid groups (broad SMARTS) is 1. The molecule has 2 aromatic carbocycles. The van der Waals surface area contributed by atoms with Gasteiger partial charge < -0.3 is 19.7 Å². The van der Waals surface area contributed by atoms with E-state index < -0.39 is 30.4 Å². The van der Waals surface area contributed by atoms with Crippen molar-refractivity contribution in [2.75, 3.05) is 6.54 Å². The summed E-state index contributed by atoms with van der Waals surface area (Å²) in [4.78, 5) is 13.8. The molecule has 0 aromatic heterocycles. The van der Waals surface area contributed by atoms with Crippen LogP contribution in [-0.4, -0.2) is 47.1 Å². The highest BCUT2D eigenvalue weighted by atomic mass is 16.6. The van der Waals surface area contributed by atoms with Crippen molar-refractivity contribution in [3.63, 3.8) is 0 Å². The molecule has 0 bridgehead atoms. The molecule has 3 rings (SSSR count). The lowest BCUT2D eigenvalue weighted by Crippen LogP contribution is -2.38. The smallest absolute Gasteiger partial charge is 0.335 e. The maximum atomic E-state index is 11.2. The number of aliphatic hydroxyl groups is 1. The highest BCUT2D eigenvalue weighted by molar-refractivity contribution is 5.82. The molecule has 2 aromatic rings. The van der Waals surface area contributed by atoms with Crippen LogP contribution in [0.2, 0.25) is 0 Å². The number of hydrogen-bond donors (Lipinski definition) is 2. The number of rotatable bonds is 6. The molecule has 1 heterocycles. The number of benzene rings is 2. The number of aliphatic hydroxyl groups excluding tert-OH is 1. The van der Waals surface area contributed by atoms with Gasteiger partial charge in [0.25, 0.3) is 0 Å². The first-order valence-electron chi connectivity index (χ1n) is 7.76. The van der Waals surface area contributed by atoms with Crippen molar-refractivity contribution in [2.45, 2.75) is 31.0 Å². The molecule has 1 saturated heterocycles. The predicted molar refractivity (Wildman–Crippen MR) is 88.8 cm³/mol. The van der Waals surface area contributed by atoms with Gasteiger partial charge in [-0.25, -0.2) is 4.79 Å². The second-order valence-corrected chi connectivity index (χ2v) is 5.79. The van der Waals surface area contributed by atoms with Crippen molar-refractivity contribution < 1.29 is 24.5 Å². The molecule has 0 saturated carbocycles. The van der Waals surface area contributed by atoms with Crippen LogP contribution in [0, 0.1) is 0 Å². The zero-order chi connectivity index (χ0) is 17.8. The molecule has 4 atom stereocenters. The maximum absolute atomic E-state index is 11.2. The van der Waals surface area contributed by atoms with E-state index in [-0.39, 0.29) is 13.2 Å². The van der Waals surface area contributed by atoms with E-state index in [9.17, 15) is 9.90 Å². The van der Waals surface area contributed by atoms with Gasteiger partial charge in [0.05, 0.1) is 19.3 Å². The van der Waals surface area contributed by atoms with Crippen molar-refractivity contribution in [2.24, 2.45) is 5.11 Å². The summed E-state index contributed by atoms with van der Waals surface area (Å²) in [5.74, 6) is -1.28. The quantitative estimate of drug-likeness (QED) is 0.473. The number of ether oxygens (including phenoxy) is 2. The van der Waals surface area contributed by atoms with Crippen LogP contribution in [0.25, 0.3) is 21.2 Å². The molecule has 0 amide bonds. The van der Waals surface area contributed by atoms with Crippen LogP contribution in [0.3, 0.4) is 0 Å². The third-order valence-corrected chi connectivity index (χ3v) is 4.16. The molecule has 0 aliphatic carbocycles. The van der Waals surface area contributed by atoms with Crippen LogP contribution in [0.1, 0.15) is 5.56 Å². The number of fused-ring (bicyclic) bond motifs is 1. The van der Waals surface area contributed by atoms with Crippen LogP contribution in [0.15, 0.2) is 47.6 Å². The molecule has 0 radical (unpaired) electrons. The highest BCUT2D eigenvalue weighted by Crippen LogP contribution is 2.26. The fourth-order valence-corrected chi connectivity index (χ4v) is 2.93. The van der Waals surface area contributed by atoms with Gasteiger partial charge in [0.1, 0.15) is 12.2 Å². The van der Waals surface area contributed by atoms with E-state index in [4.69, 9.17) is 20.1 Å². The van der Waals surface area contributed by atoms with Gasteiger partial charge in [0.2, 0.25) is 0 Å². The first-order chi connectivity index (χ1) is 12.1. The molecular formula is C17H17N3O5. The fraction of sp³-hybridized carbons (Fsp3) is 0.353. The lowest BCUT2D eigenvalue weighted by molar-refractivity contribution is -0.153. The number of carboxylic acids is 1. The minimum absolute atomic E-state index is 0.111. The second-order valence-electron chi connectivity index (χ2n) is 5.79. The Labute approximate surface area is 143 Å². The van der Waals surface area contributed by atoms with Gasteiger partial charge in [0, 0.05) is 4.91 Å². The first-order valence-corrected chi connectivity index (χ1v) is 7.76. The van der Waals surface area contributed by atoms with E-state index in [1.807, 2.05) is 42.5 Å². The highest BCUT2D eigenvalue weighted by Gasteiger charge is 2.47. The Morgan fingerprint density at radius 2 is 2.04 bits per heavy atom. The average molecular weight is 343 g/mol. The summed E-state index contributed by atoms with van der Waals surface area (Å²) < 4.78 is 11.0. The van der Waals surface area contributed by atoms with Crippen molar-refractivity contribution >= 4 is 16.7 Å². The lowest BCUT2D eigenvalue weighted by Gasteiger charge is -2.19. The molecule has 130 valence electrons. The Morgan fingerprint density at radius 1 is 1.28 bits per heavy atom. The molecule has 8 heteroatoms. The van der Waals surface area contributed by atoms with Gasteiger partial charge >= 0.3 is 5.97 Å². The van der Waals surface area contributed by atoms with Crippen molar-refractivity contribution in [3.8, 4) is 0 Å². The molecule has 2 N–H and O–H groups in total. The zero-order valence-electron chi connectivity index (χ0n) is 13.2. The van der Waals surface area contributed by atoms with E-state index in [2.05, 4.69) is 10.0 Å². The third kappa shape index (κ3) is 3.72. The van der Waals surface area contributed by atoms with Crippen LogP contribution >= 0.6 is 0 Å². The predicted octanol–water partition coefficient (Wildman–Crippen LogP) is 2.25. The summed E-state index contributed by atoms with van der Waals surface area (Å²) in [6, 6.07) is 13.7. The molecule has 1 aliphatic heterocycles. The molecule has 1 fully saturated rings. The molecule has 0 spiro atoms. The number of azide groups is 1. The summed E-state index contributed by atoms with van der Waals surface area (Å²) >= 11 is 0. The van der Waals surface area contributed by atoms with E-state index in [0.29, 0.717) is 0 Å². The van der Waals surface area contributed by atoms with Gasteiger partial charge in [0.15, 0.2) is 6.10 Å². The van der Waals surface area contributed by atoms with Gasteiger partial charge in [-0.2, -0.15) is 0 Å². The SMILES string of the molecule is [N-]=[N+]=NC[C@H]1O[C@@H](C(=O)O)[C@@H](O)[C@@H]1OCc1ccc2ccccc2c1. The standard InChI is InChI=1S/C17H17N3O5/c18-20-19-8-13-15(14(21)16(25-13)17(22)23)24-9-10-5-6-11-3-1-2-4-12(11)7-10/h1-7,13-16,21H,8-9H2,(H,22,23)/t13-,14+,15-,16-/m1/s1. The molecular weight excluding hydrogens is 326 g/mol. The molecule has 8 nitrogen and oxygen atoms in total. The van der Waals surface area contributed by atoms with Crippen LogP contribution in [0.4, 0.5) is 0 Å². The lowest BCUT2D eigenvalue weighted by atomic mass is 10.1. The topological polar surface area (TPSA) is 125 Å². The van der Waals surface area contributed by atoms with Crippen molar-refractivity contribution in [3.05, 3.63) is 58.5 Å². The molecule has 0 unspecified atom stereocenters. The summed E-state index contributed by atoms with van der Waals surface area (Å²) in [6.07, 6.45) is -4.44. The Balaban J connectivity index is 1.73. The third-order valence-electron chi connectivity index (χ3n) is 4.16. The summed E-state index contributed by atoms with van der Waals surface area (Å²) in [6.45, 7) is 0.0642. The van der Waals surface area contributed by atoms with Gasteiger partial charge in [-0.3, -0.25) is 0 Å². The Kier molecular flexibility index (Phi) is 5.16. The molecule has 25 heavy (non-hydrogen) atoms. The monoisotopic (exact) mass is 343 g/mol. The summed E-state index contributed by atoms with van der Waals surface area (Å²) in [5.41, 5.74) is 9.33. The van der Waals surface area contributed by atoms with Crippen molar-refractivity contribution in [1.82, 2.24) is 0 Å². The number of nitrogens with zero attached hydrogens (tertiary/aromatic N) is 3.